The van der Waals surface area contributed by atoms with Crippen LogP contribution in [0.3, 0.4) is 0 Å². The first-order chi connectivity index (χ1) is 6.19. The summed E-state index contributed by atoms with van der Waals surface area (Å²) in [7, 11) is 2.68. The fourth-order valence-corrected chi connectivity index (χ4v) is 1.12. The third-order valence-corrected chi connectivity index (χ3v) is 2.02. The van der Waals surface area contributed by atoms with Gasteiger partial charge in [-0.2, -0.15) is 0 Å². The second-order valence-corrected chi connectivity index (χ2v) is 2.91. The molecule has 0 amide bonds. The number of ether oxygens (including phenoxy) is 2. The molecule has 0 spiro atoms. The summed E-state index contributed by atoms with van der Waals surface area (Å²) in [4.78, 5) is 21.6. The lowest BCUT2D eigenvalue weighted by atomic mass is 10.3. The van der Waals surface area contributed by atoms with E-state index in [2.05, 4.69) is 9.47 Å². The number of carbonyl (C=O) groups is 2. The van der Waals surface area contributed by atoms with Crippen LogP contribution in [0.15, 0.2) is 12.2 Å². The number of rotatable bonds is 3. The zero-order chi connectivity index (χ0) is 9.84. The molecule has 0 aromatic heterocycles. The average molecular weight is 184 g/mol. The highest BCUT2D eigenvalue weighted by Crippen LogP contribution is 2.40. The summed E-state index contributed by atoms with van der Waals surface area (Å²) in [5, 5.41) is 0. The average Bonchev–Trinajstić information content (AvgIpc) is 2.92. The number of esters is 2. The van der Waals surface area contributed by atoms with E-state index in [4.69, 9.17) is 0 Å². The third kappa shape index (κ3) is 2.57. The highest BCUT2D eigenvalue weighted by atomic mass is 16.5. The molecule has 0 heterocycles. The summed E-state index contributed by atoms with van der Waals surface area (Å²) in [6.07, 6.45) is 3.79. The minimum atomic E-state index is -0.393. The van der Waals surface area contributed by atoms with Crippen LogP contribution in [0.2, 0.25) is 0 Å². The van der Waals surface area contributed by atoms with E-state index in [1.165, 1.54) is 20.3 Å². The molecule has 1 fully saturated rings. The Bertz CT molecular complexity index is 244. The fraction of sp³-hybridized carbons (Fsp3) is 0.556. The van der Waals surface area contributed by atoms with E-state index in [1.54, 1.807) is 6.08 Å². The van der Waals surface area contributed by atoms with Crippen LogP contribution in [0.25, 0.3) is 0 Å². The second kappa shape index (κ2) is 4.07. The zero-order valence-corrected chi connectivity index (χ0v) is 7.65. The van der Waals surface area contributed by atoms with E-state index in [0.717, 1.165) is 6.42 Å². The molecule has 0 aromatic carbocycles. The molecule has 4 heteroatoms. The van der Waals surface area contributed by atoms with Crippen molar-refractivity contribution in [2.45, 2.75) is 6.42 Å². The van der Waals surface area contributed by atoms with Crippen molar-refractivity contribution in [3.8, 4) is 0 Å². The normalized spacial score (nSPS) is 25.7. The van der Waals surface area contributed by atoms with E-state index < -0.39 is 5.97 Å². The van der Waals surface area contributed by atoms with E-state index in [9.17, 15) is 9.59 Å². The first kappa shape index (κ1) is 9.77. The summed E-state index contributed by atoms with van der Waals surface area (Å²) in [5.41, 5.74) is 0. The van der Waals surface area contributed by atoms with Crippen LogP contribution in [-0.4, -0.2) is 26.2 Å². The Morgan fingerprint density at radius 1 is 1.31 bits per heavy atom. The number of allylic oxidation sites excluding steroid dienone is 1. The van der Waals surface area contributed by atoms with Gasteiger partial charge in [0.1, 0.15) is 0 Å². The molecule has 0 radical (unpaired) electrons. The third-order valence-electron chi connectivity index (χ3n) is 2.02. The van der Waals surface area contributed by atoms with Crippen LogP contribution in [0, 0.1) is 11.8 Å². The summed E-state index contributed by atoms with van der Waals surface area (Å²) < 4.78 is 8.96. The van der Waals surface area contributed by atoms with Crippen LogP contribution < -0.4 is 0 Å². The van der Waals surface area contributed by atoms with Gasteiger partial charge in [0, 0.05) is 6.08 Å². The molecular formula is C9H12O4. The monoisotopic (exact) mass is 184 g/mol. The predicted molar refractivity (Wildman–Crippen MR) is 44.8 cm³/mol. The standard InChI is InChI=1S/C9H12O4/c1-12-8(10)4-3-6-5-7(6)9(11)13-2/h3-4,6-7H,5H2,1-2H3/b4-3+/t6-,7-/m1/s1. The van der Waals surface area contributed by atoms with Crippen LogP contribution in [0.4, 0.5) is 0 Å². The molecule has 0 N–H and O–H groups in total. The van der Waals surface area contributed by atoms with Gasteiger partial charge in [-0.05, 0) is 12.3 Å². The van der Waals surface area contributed by atoms with Crippen molar-refractivity contribution >= 4 is 11.9 Å². The Balaban J connectivity index is 2.32. The van der Waals surface area contributed by atoms with Gasteiger partial charge in [0.05, 0.1) is 20.1 Å². The number of methoxy groups -OCH3 is 2. The molecule has 2 atom stereocenters. The largest absolute Gasteiger partial charge is 0.469 e. The van der Waals surface area contributed by atoms with Gasteiger partial charge < -0.3 is 9.47 Å². The fourth-order valence-electron chi connectivity index (χ4n) is 1.12. The molecule has 0 unspecified atom stereocenters. The Labute approximate surface area is 76.5 Å². The highest BCUT2D eigenvalue weighted by Gasteiger charge is 2.42. The van der Waals surface area contributed by atoms with Crippen molar-refractivity contribution in [3.63, 3.8) is 0 Å². The summed E-state index contributed by atoms with van der Waals surface area (Å²) in [6.45, 7) is 0. The van der Waals surface area contributed by atoms with Crippen LogP contribution in [0.5, 0.6) is 0 Å². The maximum Gasteiger partial charge on any atom is 0.330 e. The molecule has 1 rings (SSSR count). The molecule has 13 heavy (non-hydrogen) atoms. The summed E-state index contributed by atoms with van der Waals surface area (Å²) in [5.74, 6) is -0.521. The summed E-state index contributed by atoms with van der Waals surface area (Å²) in [6, 6.07) is 0. The van der Waals surface area contributed by atoms with Gasteiger partial charge >= 0.3 is 11.9 Å². The van der Waals surface area contributed by atoms with Gasteiger partial charge in [0.2, 0.25) is 0 Å². The van der Waals surface area contributed by atoms with Crippen molar-refractivity contribution in [1.82, 2.24) is 0 Å². The van der Waals surface area contributed by atoms with Gasteiger partial charge in [-0.1, -0.05) is 6.08 Å². The van der Waals surface area contributed by atoms with Crippen LogP contribution >= 0.6 is 0 Å². The minimum absolute atomic E-state index is 0.0640. The predicted octanol–water partition coefficient (Wildman–Crippen LogP) is 0.525. The minimum Gasteiger partial charge on any atom is -0.469 e. The van der Waals surface area contributed by atoms with E-state index in [1.807, 2.05) is 0 Å². The smallest absolute Gasteiger partial charge is 0.330 e. The van der Waals surface area contributed by atoms with E-state index >= 15 is 0 Å². The van der Waals surface area contributed by atoms with E-state index in [0.29, 0.717) is 0 Å². The Hall–Kier alpha value is -1.32. The molecule has 0 aromatic rings. The van der Waals surface area contributed by atoms with Gasteiger partial charge in [0.25, 0.3) is 0 Å². The van der Waals surface area contributed by atoms with Crippen molar-refractivity contribution in [2.75, 3.05) is 14.2 Å². The maximum atomic E-state index is 10.9. The number of hydrogen-bond acceptors (Lipinski definition) is 4. The van der Waals surface area contributed by atoms with Crippen LogP contribution in [-0.2, 0) is 19.1 Å². The van der Waals surface area contributed by atoms with Gasteiger partial charge in [-0.15, -0.1) is 0 Å². The molecule has 72 valence electrons. The molecule has 1 aliphatic carbocycles. The lowest BCUT2D eigenvalue weighted by Gasteiger charge is -1.93. The quantitative estimate of drug-likeness (QED) is 0.474. The first-order valence-electron chi connectivity index (χ1n) is 4.03. The second-order valence-electron chi connectivity index (χ2n) is 2.91. The molecule has 0 bridgehead atoms. The highest BCUT2D eigenvalue weighted by molar-refractivity contribution is 5.82. The van der Waals surface area contributed by atoms with Crippen molar-refractivity contribution in [2.24, 2.45) is 11.8 Å². The number of carbonyl (C=O) groups excluding carboxylic acids is 2. The molecule has 1 saturated carbocycles. The van der Waals surface area contributed by atoms with Crippen LogP contribution in [0.1, 0.15) is 6.42 Å². The molecular weight excluding hydrogens is 172 g/mol. The maximum absolute atomic E-state index is 10.9. The Morgan fingerprint density at radius 3 is 2.54 bits per heavy atom. The molecule has 4 nitrogen and oxygen atoms in total. The van der Waals surface area contributed by atoms with Gasteiger partial charge in [0.15, 0.2) is 0 Å². The zero-order valence-electron chi connectivity index (χ0n) is 7.65. The van der Waals surface area contributed by atoms with Gasteiger partial charge in [-0.25, -0.2) is 4.79 Å². The molecule has 0 aliphatic heterocycles. The van der Waals surface area contributed by atoms with Crippen molar-refractivity contribution in [1.29, 1.82) is 0 Å². The summed E-state index contributed by atoms with van der Waals surface area (Å²) >= 11 is 0. The Morgan fingerprint density at radius 2 is 2.00 bits per heavy atom. The topological polar surface area (TPSA) is 52.6 Å². The van der Waals surface area contributed by atoms with E-state index in [-0.39, 0.29) is 17.8 Å². The lowest BCUT2D eigenvalue weighted by Crippen LogP contribution is -2.03. The van der Waals surface area contributed by atoms with Crippen molar-refractivity contribution in [3.05, 3.63) is 12.2 Å². The lowest BCUT2D eigenvalue weighted by molar-refractivity contribution is -0.142. The number of hydrogen-bond donors (Lipinski definition) is 0. The van der Waals surface area contributed by atoms with Gasteiger partial charge in [-0.3, -0.25) is 4.79 Å². The SMILES string of the molecule is COC(=O)/C=C/[C@@H]1C[C@H]1C(=O)OC. The first-order valence-corrected chi connectivity index (χ1v) is 4.03. The molecule has 0 saturated heterocycles. The Kier molecular flexibility index (Phi) is 3.06. The molecule has 1 aliphatic rings. The van der Waals surface area contributed by atoms with Crippen molar-refractivity contribution < 1.29 is 19.1 Å².